The average Bonchev–Trinajstić information content (AvgIpc) is 3.30. The molecule has 0 atom stereocenters. The highest BCUT2D eigenvalue weighted by atomic mass is 16.7. The van der Waals surface area contributed by atoms with Gasteiger partial charge in [0.25, 0.3) is 5.56 Å². The Morgan fingerprint density at radius 3 is 2.47 bits per heavy atom. The van der Waals surface area contributed by atoms with Crippen LogP contribution in [0.1, 0.15) is 42.3 Å². The number of nitrogen functional groups attached to an aromatic ring is 1. The maximum Gasteiger partial charge on any atom is 0.332 e. The number of rotatable bonds is 8. The topological polar surface area (TPSA) is 118 Å². The van der Waals surface area contributed by atoms with Crippen molar-refractivity contribution < 1.29 is 14.3 Å². The quantitative estimate of drug-likeness (QED) is 0.490. The van der Waals surface area contributed by atoms with Crippen molar-refractivity contribution in [2.24, 2.45) is 0 Å². The Morgan fingerprint density at radius 1 is 1.06 bits per heavy atom. The van der Waals surface area contributed by atoms with Crippen LogP contribution < -0.4 is 31.8 Å². The number of nitrogens with two attached hydrogens (primary N) is 1. The Morgan fingerprint density at radius 2 is 1.76 bits per heavy atom. The lowest BCUT2D eigenvalue weighted by atomic mass is 9.93. The molecule has 0 spiro atoms. The summed E-state index contributed by atoms with van der Waals surface area (Å²) in [6.45, 7) is 5.83. The molecule has 0 unspecified atom stereocenters. The molecule has 1 aliphatic heterocycles. The first-order chi connectivity index (χ1) is 16.2. The first-order valence-corrected chi connectivity index (χ1v) is 11.1. The Labute approximate surface area is 196 Å². The third-order valence-corrected chi connectivity index (χ3v) is 6.03. The second kappa shape index (κ2) is 9.18. The van der Waals surface area contributed by atoms with Gasteiger partial charge in [0.2, 0.25) is 6.79 Å². The van der Waals surface area contributed by atoms with Crippen LogP contribution in [0.2, 0.25) is 0 Å². The number of nitrogens with zero attached hydrogens (tertiary/aromatic N) is 2. The molecule has 0 radical (unpaired) electrons. The van der Waals surface area contributed by atoms with Gasteiger partial charge in [0.15, 0.2) is 17.3 Å². The molecule has 3 N–H and O–H groups in total. The van der Waals surface area contributed by atoms with Gasteiger partial charge < -0.3 is 20.5 Å². The number of anilines is 1. The predicted molar refractivity (Wildman–Crippen MR) is 129 cm³/mol. The summed E-state index contributed by atoms with van der Waals surface area (Å²) in [5, 5.41) is 3.20. The van der Waals surface area contributed by atoms with Gasteiger partial charge in [0, 0.05) is 12.1 Å². The Bertz CT molecular complexity index is 1340. The van der Waals surface area contributed by atoms with Crippen LogP contribution in [0.15, 0.2) is 58.1 Å². The summed E-state index contributed by atoms with van der Waals surface area (Å²) < 4.78 is 13.1. The van der Waals surface area contributed by atoms with E-state index in [0.717, 1.165) is 15.7 Å². The number of carbonyl (C=O) groups excluding carboxylic acids is 1. The molecule has 2 heterocycles. The van der Waals surface area contributed by atoms with Crippen LogP contribution in [0, 0.1) is 0 Å². The van der Waals surface area contributed by atoms with E-state index in [0.29, 0.717) is 11.5 Å². The number of ketones is 1. The minimum atomic E-state index is -0.679. The zero-order valence-electron chi connectivity index (χ0n) is 19.5. The molecule has 0 saturated carbocycles. The number of aromatic nitrogens is 2. The van der Waals surface area contributed by atoms with E-state index in [2.05, 4.69) is 5.32 Å². The van der Waals surface area contributed by atoms with Crippen molar-refractivity contribution in [3.63, 3.8) is 0 Å². The van der Waals surface area contributed by atoms with E-state index in [4.69, 9.17) is 15.2 Å². The van der Waals surface area contributed by atoms with Crippen LogP contribution in [0.3, 0.4) is 0 Å². The molecule has 9 nitrogen and oxygen atoms in total. The smallest absolute Gasteiger partial charge is 0.332 e. The summed E-state index contributed by atoms with van der Waals surface area (Å²) in [7, 11) is 0. The molecule has 0 saturated heterocycles. The standard InChI is InChI=1S/C25H28N4O5/c1-4-28-23(31)21(22(26)29(24(28)32)14-16-8-6-5-7-9-16)18(30)13-27-25(2,3)17-10-11-19-20(12-17)34-15-33-19/h5-12,27H,4,13-15,26H2,1-3H3. The van der Waals surface area contributed by atoms with Gasteiger partial charge in [-0.3, -0.25) is 18.7 Å². The maximum atomic E-state index is 13.2. The van der Waals surface area contributed by atoms with Crippen molar-refractivity contribution in [3.8, 4) is 11.5 Å². The van der Waals surface area contributed by atoms with Crippen LogP contribution >= 0.6 is 0 Å². The van der Waals surface area contributed by atoms with Crippen molar-refractivity contribution in [2.75, 3.05) is 19.1 Å². The fourth-order valence-corrected chi connectivity index (χ4v) is 3.95. The summed E-state index contributed by atoms with van der Waals surface area (Å²) in [5.74, 6) is 0.697. The van der Waals surface area contributed by atoms with Gasteiger partial charge in [-0.1, -0.05) is 36.4 Å². The normalized spacial score (nSPS) is 12.7. The third-order valence-electron chi connectivity index (χ3n) is 6.03. The van der Waals surface area contributed by atoms with Crippen LogP contribution in [-0.2, 0) is 18.6 Å². The van der Waals surface area contributed by atoms with Crippen LogP contribution in [0.25, 0.3) is 0 Å². The molecule has 1 aromatic heterocycles. The van der Waals surface area contributed by atoms with Crippen molar-refractivity contribution in [1.29, 1.82) is 0 Å². The van der Waals surface area contributed by atoms with Crippen molar-refractivity contribution in [1.82, 2.24) is 14.5 Å². The molecule has 178 valence electrons. The number of benzene rings is 2. The van der Waals surface area contributed by atoms with Crippen LogP contribution in [0.5, 0.6) is 11.5 Å². The Balaban J connectivity index is 1.63. The van der Waals surface area contributed by atoms with Crippen molar-refractivity contribution in [3.05, 3.63) is 86.1 Å². The highest BCUT2D eigenvalue weighted by molar-refractivity contribution is 6.01. The van der Waals surface area contributed by atoms with Crippen molar-refractivity contribution in [2.45, 2.75) is 39.4 Å². The van der Waals surface area contributed by atoms with E-state index in [1.807, 2.05) is 62.4 Å². The van der Waals surface area contributed by atoms with Crippen LogP contribution in [-0.4, -0.2) is 28.3 Å². The predicted octanol–water partition coefficient (Wildman–Crippen LogP) is 2.10. The zero-order chi connectivity index (χ0) is 24.5. The minimum absolute atomic E-state index is 0.128. The molecular formula is C25H28N4O5. The highest BCUT2D eigenvalue weighted by Crippen LogP contribution is 2.35. The van der Waals surface area contributed by atoms with E-state index in [1.165, 1.54) is 4.57 Å². The first-order valence-electron chi connectivity index (χ1n) is 11.1. The van der Waals surface area contributed by atoms with E-state index < -0.39 is 22.6 Å². The number of nitrogens with one attached hydrogen (secondary N) is 1. The number of Topliss-reactive ketones (excluding diaryl/α,β-unsaturated/α-hetero) is 1. The summed E-state index contributed by atoms with van der Waals surface area (Å²) in [4.78, 5) is 39.1. The molecule has 2 aromatic carbocycles. The highest BCUT2D eigenvalue weighted by Gasteiger charge is 2.27. The van der Waals surface area contributed by atoms with E-state index in [9.17, 15) is 14.4 Å². The van der Waals surface area contributed by atoms with Crippen molar-refractivity contribution >= 4 is 11.6 Å². The lowest BCUT2D eigenvalue weighted by Gasteiger charge is -2.27. The van der Waals surface area contributed by atoms with Gasteiger partial charge in [-0.15, -0.1) is 0 Å². The Hall–Kier alpha value is -3.85. The van der Waals surface area contributed by atoms with Crippen LogP contribution in [0.4, 0.5) is 5.82 Å². The molecule has 1 aliphatic rings. The van der Waals surface area contributed by atoms with Gasteiger partial charge in [0.1, 0.15) is 11.4 Å². The number of hydrogen-bond acceptors (Lipinski definition) is 7. The number of ether oxygens (including phenoxy) is 2. The van der Waals surface area contributed by atoms with E-state index in [1.54, 1.807) is 6.92 Å². The minimum Gasteiger partial charge on any atom is -0.454 e. The molecule has 0 fully saturated rings. The summed E-state index contributed by atoms with van der Waals surface area (Å²) in [6, 6.07) is 14.8. The number of hydrogen-bond donors (Lipinski definition) is 2. The fraction of sp³-hybridized carbons (Fsp3) is 0.320. The SMILES string of the molecule is CCn1c(=O)c(C(=O)CNC(C)(C)c2ccc3c(c2)OCO3)c(N)n(Cc2ccccc2)c1=O. The number of fused-ring (bicyclic) bond motifs is 1. The van der Waals surface area contributed by atoms with Gasteiger partial charge in [-0.2, -0.15) is 0 Å². The molecule has 0 amide bonds. The summed E-state index contributed by atoms with van der Waals surface area (Å²) in [6.07, 6.45) is 0. The van der Waals surface area contributed by atoms with Gasteiger partial charge >= 0.3 is 5.69 Å². The molecule has 9 heteroatoms. The maximum absolute atomic E-state index is 13.2. The summed E-state index contributed by atoms with van der Waals surface area (Å²) >= 11 is 0. The monoisotopic (exact) mass is 464 g/mol. The molecule has 4 rings (SSSR count). The molecule has 34 heavy (non-hydrogen) atoms. The average molecular weight is 465 g/mol. The molecule has 3 aromatic rings. The number of carbonyl (C=O) groups is 1. The fourth-order valence-electron chi connectivity index (χ4n) is 3.95. The van der Waals surface area contributed by atoms with E-state index in [-0.39, 0.29) is 37.8 Å². The molecule has 0 aliphatic carbocycles. The largest absolute Gasteiger partial charge is 0.454 e. The van der Waals surface area contributed by atoms with Gasteiger partial charge in [-0.25, -0.2) is 4.79 Å². The van der Waals surface area contributed by atoms with Gasteiger partial charge in [-0.05, 0) is 44.0 Å². The third kappa shape index (κ3) is 4.34. The lowest BCUT2D eigenvalue weighted by Crippen LogP contribution is -2.46. The molecule has 0 bridgehead atoms. The first kappa shape index (κ1) is 23.3. The zero-order valence-corrected chi connectivity index (χ0v) is 19.5. The second-order valence-corrected chi connectivity index (χ2v) is 8.63. The second-order valence-electron chi connectivity index (χ2n) is 8.63. The Kier molecular flexibility index (Phi) is 6.30. The van der Waals surface area contributed by atoms with Gasteiger partial charge in [0.05, 0.1) is 13.1 Å². The lowest BCUT2D eigenvalue weighted by molar-refractivity contribution is 0.0978. The van der Waals surface area contributed by atoms with E-state index >= 15 is 0 Å². The molecular weight excluding hydrogens is 436 g/mol. The summed E-state index contributed by atoms with van der Waals surface area (Å²) in [5.41, 5.74) is 5.93.